The van der Waals surface area contributed by atoms with Crippen LogP contribution in [0.25, 0.3) is 0 Å². The van der Waals surface area contributed by atoms with Gasteiger partial charge in [-0.1, -0.05) is 25.3 Å². The summed E-state index contributed by atoms with van der Waals surface area (Å²) in [6.07, 6.45) is 7.83. The predicted molar refractivity (Wildman–Crippen MR) is 38.7 cm³/mol. The summed E-state index contributed by atoms with van der Waals surface area (Å²) in [7, 11) is 0. The molecule has 1 aliphatic rings. The van der Waals surface area contributed by atoms with Crippen LogP contribution in [0, 0.1) is 5.92 Å². The van der Waals surface area contributed by atoms with Crippen molar-refractivity contribution in [1.82, 2.24) is 0 Å². The molecule has 0 aromatic carbocycles. The van der Waals surface area contributed by atoms with Crippen molar-refractivity contribution in [3.8, 4) is 0 Å². The highest BCUT2D eigenvalue weighted by atomic mass is 16.4. The summed E-state index contributed by atoms with van der Waals surface area (Å²) < 4.78 is 0. The molecule has 0 bridgehead atoms. The number of aliphatic carboxylic acids is 1. The van der Waals surface area contributed by atoms with Gasteiger partial charge >= 0.3 is 5.97 Å². The van der Waals surface area contributed by atoms with Gasteiger partial charge < -0.3 is 5.11 Å². The van der Waals surface area contributed by atoms with E-state index in [9.17, 15) is 4.79 Å². The third-order valence-corrected chi connectivity index (χ3v) is 1.95. The predicted octanol–water partition coefficient (Wildman–Crippen LogP) is 1.82. The molecule has 0 aromatic rings. The first-order valence-electron chi connectivity index (χ1n) is 3.68. The minimum absolute atomic E-state index is 0.774. The lowest BCUT2D eigenvalue weighted by Gasteiger charge is -2.23. The Balaban J connectivity index is 2.08. The first kappa shape index (κ1) is 7.32. The van der Waals surface area contributed by atoms with Crippen molar-refractivity contribution in [1.29, 1.82) is 0 Å². The summed E-state index contributed by atoms with van der Waals surface area (Å²) in [6, 6.07) is 0. The number of allylic oxidation sites excluding steroid dienone is 1. The summed E-state index contributed by atoms with van der Waals surface area (Å²) in [5.74, 6) is -0.0603. The second kappa shape index (κ2) is 3.40. The first-order valence-corrected chi connectivity index (χ1v) is 3.68. The average molecular weight is 140 g/mol. The molecule has 10 heavy (non-hydrogen) atoms. The molecule has 0 unspecified atom stereocenters. The standard InChI is InChI=1S/C8H12O2/c9-8(10)6-2-5-7-3-1-4-7/h2,6-7H,1,3-5H2,(H,9,10). The fraction of sp³-hybridized carbons (Fsp3) is 0.625. The molecule has 1 N–H and O–H groups in total. The van der Waals surface area contributed by atoms with Gasteiger partial charge in [0.1, 0.15) is 0 Å². The molecule has 1 rings (SSSR count). The SMILES string of the molecule is O=C(O)C=CCC1CCC1. The molecule has 1 aliphatic carbocycles. The van der Waals surface area contributed by atoms with E-state index in [-0.39, 0.29) is 0 Å². The quantitative estimate of drug-likeness (QED) is 0.607. The molecule has 0 atom stereocenters. The third kappa shape index (κ3) is 2.21. The third-order valence-electron chi connectivity index (χ3n) is 1.95. The molecule has 0 saturated heterocycles. The number of carbonyl (C=O) groups is 1. The Bertz CT molecular complexity index is 145. The van der Waals surface area contributed by atoms with E-state index in [2.05, 4.69) is 0 Å². The summed E-state index contributed by atoms with van der Waals surface area (Å²) in [4.78, 5) is 10.0. The van der Waals surface area contributed by atoms with Gasteiger partial charge in [-0.25, -0.2) is 4.79 Å². The van der Waals surface area contributed by atoms with Gasteiger partial charge in [-0.15, -0.1) is 0 Å². The van der Waals surface area contributed by atoms with Crippen LogP contribution in [-0.4, -0.2) is 11.1 Å². The van der Waals surface area contributed by atoms with Crippen molar-refractivity contribution in [2.45, 2.75) is 25.7 Å². The number of hydrogen-bond acceptors (Lipinski definition) is 1. The molecule has 56 valence electrons. The summed E-state index contributed by atoms with van der Waals surface area (Å²) >= 11 is 0. The molecule has 0 heterocycles. The van der Waals surface area contributed by atoms with E-state index in [1.807, 2.05) is 0 Å². The lowest BCUT2D eigenvalue weighted by atomic mass is 9.83. The van der Waals surface area contributed by atoms with Crippen LogP contribution in [0.1, 0.15) is 25.7 Å². The van der Waals surface area contributed by atoms with E-state index in [4.69, 9.17) is 5.11 Å². The summed E-state index contributed by atoms with van der Waals surface area (Å²) in [5.41, 5.74) is 0. The Morgan fingerprint density at radius 3 is 2.70 bits per heavy atom. The largest absolute Gasteiger partial charge is 0.478 e. The van der Waals surface area contributed by atoms with E-state index >= 15 is 0 Å². The van der Waals surface area contributed by atoms with Crippen molar-refractivity contribution in [3.63, 3.8) is 0 Å². The number of hydrogen-bond donors (Lipinski definition) is 1. The van der Waals surface area contributed by atoms with Gasteiger partial charge in [0.05, 0.1) is 0 Å². The van der Waals surface area contributed by atoms with Gasteiger partial charge in [-0.3, -0.25) is 0 Å². The maximum atomic E-state index is 10.0. The van der Waals surface area contributed by atoms with Crippen LogP contribution in [0.15, 0.2) is 12.2 Å². The molecular formula is C8H12O2. The Morgan fingerprint density at radius 1 is 1.60 bits per heavy atom. The monoisotopic (exact) mass is 140 g/mol. The van der Waals surface area contributed by atoms with Crippen LogP contribution < -0.4 is 0 Å². The maximum absolute atomic E-state index is 10.0. The molecule has 2 heteroatoms. The van der Waals surface area contributed by atoms with Gasteiger partial charge in [0, 0.05) is 6.08 Å². The maximum Gasteiger partial charge on any atom is 0.327 e. The number of carboxylic acid groups (broad SMARTS) is 1. The smallest absolute Gasteiger partial charge is 0.327 e. The summed E-state index contributed by atoms with van der Waals surface area (Å²) in [5, 5.41) is 8.23. The molecular weight excluding hydrogens is 128 g/mol. The van der Waals surface area contributed by atoms with Gasteiger partial charge in [-0.2, -0.15) is 0 Å². The van der Waals surface area contributed by atoms with Crippen LogP contribution in [0.2, 0.25) is 0 Å². The first-order chi connectivity index (χ1) is 4.79. The molecule has 0 amide bonds. The molecule has 1 fully saturated rings. The molecule has 0 aliphatic heterocycles. The zero-order valence-electron chi connectivity index (χ0n) is 5.92. The van der Waals surface area contributed by atoms with E-state index in [1.165, 1.54) is 25.3 Å². The van der Waals surface area contributed by atoms with Gasteiger partial charge in [0.15, 0.2) is 0 Å². The number of rotatable bonds is 3. The molecule has 0 spiro atoms. The minimum Gasteiger partial charge on any atom is -0.478 e. The van der Waals surface area contributed by atoms with Crippen molar-refractivity contribution >= 4 is 5.97 Å². The van der Waals surface area contributed by atoms with E-state index in [0.29, 0.717) is 0 Å². The van der Waals surface area contributed by atoms with Crippen LogP contribution >= 0.6 is 0 Å². The fourth-order valence-electron chi connectivity index (χ4n) is 1.09. The van der Waals surface area contributed by atoms with Gasteiger partial charge in [-0.05, 0) is 12.3 Å². The second-order valence-electron chi connectivity index (χ2n) is 2.77. The molecule has 2 nitrogen and oxygen atoms in total. The van der Waals surface area contributed by atoms with Crippen molar-refractivity contribution in [3.05, 3.63) is 12.2 Å². The van der Waals surface area contributed by atoms with Crippen LogP contribution in [-0.2, 0) is 4.79 Å². The highest BCUT2D eigenvalue weighted by Crippen LogP contribution is 2.29. The number of carboxylic acids is 1. The van der Waals surface area contributed by atoms with Crippen LogP contribution in [0.5, 0.6) is 0 Å². The average Bonchev–Trinajstić information content (AvgIpc) is 1.75. The zero-order valence-corrected chi connectivity index (χ0v) is 5.92. The molecule has 0 aromatic heterocycles. The van der Waals surface area contributed by atoms with Crippen LogP contribution in [0.3, 0.4) is 0 Å². The van der Waals surface area contributed by atoms with Crippen molar-refractivity contribution in [2.75, 3.05) is 0 Å². The van der Waals surface area contributed by atoms with Crippen molar-refractivity contribution < 1.29 is 9.90 Å². The Kier molecular flexibility index (Phi) is 2.49. The van der Waals surface area contributed by atoms with Gasteiger partial charge in [0.2, 0.25) is 0 Å². The second-order valence-corrected chi connectivity index (χ2v) is 2.77. The Hall–Kier alpha value is -0.790. The minimum atomic E-state index is -0.834. The van der Waals surface area contributed by atoms with Gasteiger partial charge in [0.25, 0.3) is 0 Å². The lowest BCUT2D eigenvalue weighted by molar-refractivity contribution is -0.131. The normalized spacial score (nSPS) is 19.2. The highest BCUT2D eigenvalue weighted by molar-refractivity contribution is 5.79. The fourth-order valence-corrected chi connectivity index (χ4v) is 1.09. The molecule has 0 radical (unpaired) electrons. The highest BCUT2D eigenvalue weighted by Gasteiger charge is 2.14. The van der Waals surface area contributed by atoms with E-state index in [0.717, 1.165) is 12.3 Å². The van der Waals surface area contributed by atoms with E-state index in [1.54, 1.807) is 6.08 Å². The zero-order chi connectivity index (χ0) is 7.40. The Labute approximate surface area is 60.6 Å². The van der Waals surface area contributed by atoms with E-state index < -0.39 is 5.97 Å². The van der Waals surface area contributed by atoms with Crippen molar-refractivity contribution in [2.24, 2.45) is 5.92 Å². The summed E-state index contributed by atoms with van der Waals surface area (Å²) in [6.45, 7) is 0. The van der Waals surface area contributed by atoms with Crippen LogP contribution in [0.4, 0.5) is 0 Å². The molecule has 1 saturated carbocycles. The Morgan fingerprint density at radius 2 is 2.30 bits per heavy atom. The lowest BCUT2D eigenvalue weighted by Crippen LogP contribution is -2.09. The topological polar surface area (TPSA) is 37.3 Å².